The molecule has 0 N–H and O–H groups in total. The third-order valence-electron chi connectivity index (χ3n) is 3.63. The summed E-state index contributed by atoms with van der Waals surface area (Å²) in [6.45, 7) is 1.51. The van der Waals surface area contributed by atoms with E-state index in [0.717, 1.165) is 10.6 Å². The fourth-order valence-electron chi connectivity index (χ4n) is 2.31. The topological polar surface area (TPSA) is 61.2 Å². The maximum Gasteiger partial charge on any atom is 0.355 e. The highest BCUT2D eigenvalue weighted by molar-refractivity contribution is 7.13. The summed E-state index contributed by atoms with van der Waals surface area (Å²) >= 11 is 7.61. The lowest BCUT2D eigenvalue weighted by molar-refractivity contribution is 0.0457. The molecule has 0 aliphatic rings. The molecule has 0 saturated carbocycles. The molecular weight excluding hydrogens is 360 g/mol. The van der Waals surface area contributed by atoms with E-state index >= 15 is 0 Å². The zero-order chi connectivity index (χ0) is 18.0. The van der Waals surface area contributed by atoms with Crippen molar-refractivity contribution in [1.82, 2.24) is 9.55 Å². The van der Waals surface area contributed by atoms with Crippen LogP contribution in [0.5, 0.6) is 0 Å². The van der Waals surface area contributed by atoms with Gasteiger partial charge in [-0.3, -0.25) is 4.79 Å². The minimum atomic E-state index is -0.498. The molecule has 2 heterocycles. The van der Waals surface area contributed by atoms with Gasteiger partial charge >= 0.3 is 5.97 Å². The van der Waals surface area contributed by atoms with Gasteiger partial charge in [0, 0.05) is 29.8 Å². The van der Waals surface area contributed by atoms with Gasteiger partial charge in [0.25, 0.3) is 0 Å². The Bertz CT molecular complexity index is 945. The quantitative estimate of drug-likeness (QED) is 0.491. The van der Waals surface area contributed by atoms with E-state index in [4.69, 9.17) is 16.3 Å². The highest BCUT2D eigenvalue weighted by Crippen LogP contribution is 2.30. The largest absolute Gasteiger partial charge is 0.454 e. The fourth-order valence-corrected chi connectivity index (χ4v) is 3.43. The second-order valence-electron chi connectivity index (χ2n) is 5.48. The van der Waals surface area contributed by atoms with Crippen molar-refractivity contribution in [2.75, 3.05) is 0 Å². The summed E-state index contributed by atoms with van der Waals surface area (Å²) in [6, 6.07) is 8.98. The number of thiazole rings is 1. The predicted octanol–water partition coefficient (Wildman–Crippen LogP) is 4.36. The summed E-state index contributed by atoms with van der Waals surface area (Å²) in [4.78, 5) is 28.1. The van der Waals surface area contributed by atoms with Crippen LogP contribution < -0.4 is 0 Å². The minimum Gasteiger partial charge on any atom is -0.454 e. The van der Waals surface area contributed by atoms with Gasteiger partial charge in [-0.15, -0.1) is 11.3 Å². The number of ketones is 1. The van der Waals surface area contributed by atoms with Crippen molar-refractivity contribution >= 4 is 34.7 Å². The standard InChI is InChI=1S/C18H15ClN2O3S/c1-11(22)12-7-16(21(2)8-12)18(23)24-9-13-10-25-17(20-13)14-5-3-4-6-15(14)19/h3-8,10H,9H2,1-2H3. The lowest BCUT2D eigenvalue weighted by atomic mass is 10.2. The zero-order valence-electron chi connectivity index (χ0n) is 13.7. The number of rotatable bonds is 5. The summed E-state index contributed by atoms with van der Waals surface area (Å²) in [5, 5.41) is 3.23. The van der Waals surface area contributed by atoms with Crippen molar-refractivity contribution in [3.63, 3.8) is 0 Å². The van der Waals surface area contributed by atoms with Crippen molar-refractivity contribution in [3.8, 4) is 10.6 Å². The molecule has 128 valence electrons. The Kier molecular flexibility index (Phi) is 5.01. The fraction of sp³-hybridized carbons (Fsp3) is 0.167. The van der Waals surface area contributed by atoms with Crippen LogP contribution in [0.4, 0.5) is 0 Å². The normalized spacial score (nSPS) is 10.7. The molecule has 0 unspecified atom stereocenters. The minimum absolute atomic E-state index is 0.0559. The smallest absolute Gasteiger partial charge is 0.355 e. The van der Waals surface area contributed by atoms with Crippen molar-refractivity contribution in [1.29, 1.82) is 0 Å². The molecule has 0 bridgehead atoms. The Hall–Kier alpha value is -2.44. The number of hydrogen-bond acceptors (Lipinski definition) is 5. The van der Waals surface area contributed by atoms with Crippen molar-refractivity contribution in [3.05, 3.63) is 63.9 Å². The Balaban J connectivity index is 1.69. The number of hydrogen-bond donors (Lipinski definition) is 0. The SMILES string of the molecule is CC(=O)c1cc(C(=O)OCc2csc(-c3ccccc3Cl)n2)n(C)c1. The van der Waals surface area contributed by atoms with E-state index < -0.39 is 5.97 Å². The highest BCUT2D eigenvalue weighted by Gasteiger charge is 2.16. The van der Waals surface area contributed by atoms with Crippen LogP contribution in [0.25, 0.3) is 10.6 Å². The Morgan fingerprint density at radius 1 is 1.32 bits per heavy atom. The number of esters is 1. The molecule has 0 spiro atoms. The molecule has 0 amide bonds. The average molecular weight is 375 g/mol. The number of carbonyl (C=O) groups excluding carboxylic acids is 2. The second-order valence-corrected chi connectivity index (χ2v) is 6.75. The molecule has 0 saturated heterocycles. The summed E-state index contributed by atoms with van der Waals surface area (Å²) in [5.41, 5.74) is 2.30. The summed E-state index contributed by atoms with van der Waals surface area (Å²) in [5.74, 6) is -0.596. The number of Topliss-reactive ketones (excluding diaryl/α,β-unsaturated/α-hetero) is 1. The summed E-state index contributed by atoms with van der Waals surface area (Å²) < 4.78 is 6.89. The Morgan fingerprint density at radius 2 is 2.08 bits per heavy atom. The maximum absolute atomic E-state index is 12.2. The molecule has 0 aliphatic carbocycles. The van der Waals surface area contributed by atoms with E-state index in [9.17, 15) is 9.59 Å². The van der Waals surface area contributed by atoms with E-state index in [1.54, 1.807) is 23.9 Å². The van der Waals surface area contributed by atoms with E-state index in [1.807, 2.05) is 23.6 Å². The molecule has 2 aromatic heterocycles. The number of ether oxygens (including phenoxy) is 1. The third kappa shape index (κ3) is 3.81. The first-order chi connectivity index (χ1) is 12.0. The lowest BCUT2D eigenvalue weighted by Crippen LogP contribution is -2.09. The number of benzene rings is 1. The van der Waals surface area contributed by atoms with Gasteiger partial charge in [0.2, 0.25) is 0 Å². The lowest BCUT2D eigenvalue weighted by Gasteiger charge is -2.03. The molecule has 3 rings (SSSR count). The van der Waals surface area contributed by atoms with Gasteiger partial charge in [-0.2, -0.15) is 0 Å². The Morgan fingerprint density at radius 3 is 2.76 bits per heavy atom. The van der Waals surface area contributed by atoms with Crippen LogP contribution >= 0.6 is 22.9 Å². The van der Waals surface area contributed by atoms with Crippen LogP contribution in [0, 0.1) is 0 Å². The molecule has 0 radical (unpaired) electrons. The third-order valence-corrected chi connectivity index (χ3v) is 4.88. The molecule has 3 aromatic rings. The van der Waals surface area contributed by atoms with Crippen LogP contribution in [0.2, 0.25) is 5.02 Å². The predicted molar refractivity (Wildman–Crippen MR) is 97.1 cm³/mol. The van der Waals surface area contributed by atoms with E-state index in [0.29, 0.717) is 22.0 Å². The summed E-state index contributed by atoms with van der Waals surface area (Å²) in [7, 11) is 1.70. The van der Waals surface area contributed by atoms with Gasteiger partial charge in [-0.1, -0.05) is 29.8 Å². The first kappa shape index (κ1) is 17.4. The number of aryl methyl sites for hydroxylation is 1. The van der Waals surface area contributed by atoms with Crippen molar-refractivity contribution < 1.29 is 14.3 Å². The van der Waals surface area contributed by atoms with Gasteiger partial charge in [0.1, 0.15) is 17.3 Å². The molecule has 25 heavy (non-hydrogen) atoms. The van der Waals surface area contributed by atoms with E-state index in [2.05, 4.69) is 4.98 Å². The number of carbonyl (C=O) groups is 2. The average Bonchev–Trinajstić information content (AvgIpc) is 3.20. The number of aromatic nitrogens is 2. The van der Waals surface area contributed by atoms with Crippen LogP contribution in [0.3, 0.4) is 0 Å². The van der Waals surface area contributed by atoms with Crippen LogP contribution in [0.15, 0.2) is 41.9 Å². The molecular formula is C18H15ClN2O3S. The van der Waals surface area contributed by atoms with Gasteiger partial charge in [-0.05, 0) is 19.1 Å². The van der Waals surface area contributed by atoms with E-state index in [1.165, 1.54) is 24.3 Å². The molecule has 7 heteroatoms. The number of halogens is 1. The second kappa shape index (κ2) is 7.21. The highest BCUT2D eigenvalue weighted by atomic mass is 35.5. The molecule has 5 nitrogen and oxygen atoms in total. The van der Waals surface area contributed by atoms with Crippen LogP contribution in [0.1, 0.15) is 33.5 Å². The Labute approximate surface area is 153 Å². The maximum atomic E-state index is 12.2. The van der Waals surface area contributed by atoms with Gasteiger partial charge < -0.3 is 9.30 Å². The van der Waals surface area contributed by atoms with Crippen molar-refractivity contribution in [2.45, 2.75) is 13.5 Å². The number of nitrogens with zero attached hydrogens (tertiary/aromatic N) is 2. The monoisotopic (exact) mass is 374 g/mol. The first-order valence-corrected chi connectivity index (χ1v) is 8.75. The summed E-state index contributed by atoms with van der Waals surface area (Å²) in [6.07, 6.45) is 1.61. The molecule has 0 fully saturated rings. The molecule has 0 atom stereocenters. The van der Waals surface area contributed by atoms with Gasteiger partial charge in [-0.25, -0.2) is 9.78 Å². The van der Waals surface area contributed by atoms with Gasteiger partial charge in [0.05, 0.1) is 10.7 Å². The zero-order valence-corrected chi connectivity index (χ0v) is 15.2. The van der Waals surface area contributed by atoms with Crippen LogP contribution in [-0.2, 0) is 18.4 Å². The molecule has 0 aliphatic heterocycles. The van der Waals surface area contributed by atoms with E-state index in [-0.39, 0.29) is 12.4 Å². The van der Waals surface area contributed by atoms with Crippen LogP contribution in [-0.4, -0.2) is 21.3 Å². The van der Waals surface area contributed by atoms with Gasteiger partial charge in [0.15, 0.2) is 5.78 Å². The first-order valence-electron chi connectivity index (χ1n) is 7.49. The molecule has 1 aromatic carbocycles. The van der Waals surface area contributed by atoms with Crippen molar-refractivity contribution in [2.24, 2.45) is 7.05 Å².